The van der Waals surface area contributed by atoms with Gasteiger partial charge in [0.25, 0.3) is 0 Å². The molecule has 0 saturated carbocycles. The van der Waals surface area contributed by atoms with Crippen LogP contribution in [0.5, 0.6) is 0 Å². The Labute approximate surface area is 164 Å². The quantitative estimate of drug-likeness (QED) is 0.690. The van der Waals surface area contributed by atoms with Crippen molar-refractivity contribution in [1.82, 2.24) is 24.1 Å². The fourth-order valence-corrected chi connectivity index (χ4v) is 3.87. The first-order valence-electron chi connectivity index (χ1n) is 8.51. The van der Waals surface area contributed by atoms with E-state index in [1.54, 1.807) is 0 Å². The van der Waals surface area contributed by atoms with Crippen LogP contribution in [-0.2, 0) is 16.2 Å². The molecule has 2 aromatic heterocycles. The van der Waals surface area contributed by atoms with Crippen LogP contribution in [0, 0.1) is 0 Å². The van der Waals surface area contributed by atoms with E-state index in [2.05, 4.69) is 25.7 Å². The summed E-state index contributed by atoms with van der Waals surface area (Å²) < 4.78 is 78.8. The lowest BCUT2D eigenvalue weighted by molar-refractivity contribution is -0.137. The van der Waals surface area contributed by atoms with Gasteiger partial charge in [0, 0.05) is 32.5 Å². The minimum Gasteiger partial charge on any atom is -0.372 e. The van der Waals surface area contributed by atoms with Gasteiger partial charge in [0.15, 0.2) is 0 Å². The molecule has 0 amide bonds. The van der Waals surface area contributed by atoms with Gasteiger partial charge in [0.2, 0.25) is 16.0 Å². The van der Waals surface area contributed by atoms with Gasteiger partial charge in [-0.05, 0) is 6.42 Å². The molecule has 160 valence electrons. The number of halogens is 4. The van der Waals surface area contributed by atoms with Gasteiger partial charge in [-0.25, -0.2) is 17.8 Å². The van der Waals surface area contributed by atoms with Crippen molar-refractivity contribution in [3.05, 3.63) is 24.2 Å². The van der Waals surface area contributed by atoms with Gasteiger partial charge in [0.05, 0.1) is 24.2 Å². The molecule has 0 aliphatic carbocycles. The molecule has 0 spiro atoms. The summed E-state index contributed by atoms with van der Waals surface area (Å²) in [6.45, 7) is -0.0975. The van der Waals surface area contributed by atoms with Crippen LogP contribution >= 0.6 is 0 Å². The minimum absolute atomic E-state index is 0.0920. The van der Waals surface area contributed by atoms with Gasteiger partial charge in [-0.1, -0.05) is 0 Å². The molecule has 2 atom stereocenters. The Kier molecular flexibility index (Phi) is 5.67. The van der Waals surface area contributed by atoms with Crippen LogP contribution in [0.1, 0.15) is 18.0 Å². The van der Waals surface area contributed by atoms with Gasteiger partial charge in [-0.15, -0.1) is 0 Å². The van der Waals surface area contributed by atoms with Crippen molar-refractivity contribution in [3.63, 3.8) is 0 Å². The molecule has 0 bridgehead atoms. The number of anilines is 3. The van der Waals surface area contributed by atoms with Crippen molar-refractivity contribution in [2.75, 3.05) is 37.0 Å². The Hall–Kier alpha value is -2.48. The zero-order valence-electron chi connectivity index (χ0n) is 15.5. The summed E-state index contributed by atoms with van der Waals surface area (Å²) in [5.41, 5.74) is -0.649. The summed E-state index contributed by atoms with van der Waals surface area (Å²) in [6.07, 6.45) is -1.31. The van der Waals surface area contributed by atoms with Crippen molar-refractivity contribution in [2.24, 2.45) is 0 Å². The van der Waals surface area contributed by atoms with E-state index in [-0.39, 0.29) is 31.3 Å². The summed E-state index contributed by atoms with van der Waals surface area (Å²) >= 11 is 0. The summed E-state index contributed by atoms with van der Waals surface area (Å²) in [4.78, 5) is 7.44. The largest absolute Gasteiger partial charge is 0.421 e. The number of aromatic nitrogens is 4. The average Bonchev–Trinajstić information content (AvgIpc) is 3.08. The molecule has 0 unspecified atom stereocenters. The minimum atomic E-state index is -4.60. The third kappa shape index (κ3) is 4.75. The molecule has 0 radical (unpaired) electrons. The van der Waals surface area contributed by atoms with E-state index in [9.17, 15) is 26.0 Å². The molecular weight excluding hydrogens is 418 g/mol. The molecule has 9 nitrogen and oxygen atoms in total. The molecule has 29 heavy (non-hydrogen) atoms. The molecule has 1 aliphatic rings. The van der Waals surface area contributed by atoms with Crippen molar-refractivity contribution < 1.29 is 26.0 Å². The fraction of sp³-hybridized carbons (Fsp3) is 0.533. The summed E-state index contributed by atoms with van der Waals surface area (Å²) in [6, 6.07) is -0.662. The van der Waals surface area contributed by atoms with E-state index >= 15 is 0 Å². The average molecular weight is 437 g/mol. The van der Waals surface area contributed by atoms with Crippen LogP contribution < -0.4 is 10.6 Å². The van der Waals surface area contributed by atoms with Crippen LogP contribution in [0.15, 0.2) is 18.6 Å². The lowest BCUT2D eigenvalue weighted by Crippen LogP contribution is -2.45. The van der Waals surface area contributed by atoms with E-state index < -0.39 is 34.0 Å². The highest BCUT2D eigenvalue weighted by Crippen LogP contribution is 2.34. The second-order valence-corrected chi connectivity index (χ2v) is 8.51. The molecule has 1 fully saturated rings. The van der Waals surface area contributed by atoms with Gasteiger partial charge < -0.3 is 10.6 Å². The lowest BCUT2D eigenvalue weighted by Gasteiger charge is -2.33. The number of alkyl halides is 4. The SMILES string of the molecule is CNc1nc(Nc2cnn([C@@H]3CCN(S(C)(=O)=O)C[C@H]3F)c2)ncc1C(F)(F)F. The third-order valence-electron chi connectivity index (χ3n) is 4.47. The van der Waals surface area contributed by atoms with Crippen LogP contribution in [0.25, 0.3) is 0 Å². The first kappa shape index (κ1) is 21.2. The third-order valence-corrected chi connectivity index (χ3v) is 5.74. The van der Waals surface area contributed by atoms with Crippen molar-refractivity contribution >= 4 is 27.5 Å². The molecule has 1 aliphatic heterocycles. The highest BCUT2D eigenvalue weighted by atomic mass is 32.2. The Morgan fingerprint density at radius 1 is 1.28 bits per heavy atom. The number of rotatable bonds is 5. The van der Waals surface area contributed by atoms with E-state index in [0.717, 1.165) is 10.6 Å². The van der Waals surface area contributed by atoms with E-state index in [1.807, 2.05) is 0 Å². The molecule has 2 N–H and O–H groups in total. The predicted octanol–water partition coefficient (Wildman–Crippen LogP) is 2.02. The molecule has 2 aromatic rings. The standard InChI is InChI=1S/C15H19F4N7O2S/c1-20-13-10(15(17,18)19)6-21-14(24-13)23-9-5-22-26(7-9)12-3-4-25(8-11(12)16)29(2,27)28/h5-7,11-12H,3-4,8H2,1-2H3,(H2,20,21,23,24)/t11-,12-/m1/s1. The van der Waals surface area contributed by atoms with Gasteiger partial charge in [-0.2, -0.15) is 27.6 Å². The normalized spacial score (nSPS) is 21.2. The first-order valence-corrected chi connectivity index (χ1v) is 10.4. The second kappa shape index (κ2) is 7.74. The van der Waals surface area contributed by atoms with E-state index in [1.165, 1.54) is 24.1 Å². The molecule has 3 rings (SSSR count). The van der Waals surface area contributed by atoms with Gasteiger partial charge >= 0.3 is 6.18 Å². The molecule has 0 aromatic carbocycles. The van der Waals surface area contributed by atoms with Gasteiger partial charge in [0.1, 0.15) is 17.6 Å². The van der Waals surface area contributed by atoms with Gasteiger partial charge in [-0.3, -0.25) is 4.68 Å². The Bertz CT molecular complexity index is 979. The van der Waals surface area contributed by atoms with Crippen molar-refractivity contribution in [3.8, 4) is 0 Å². The zero-order chi connectivity index (χ0) is 21.4. The lowest BCUT2D eigenvalue weighted by atomic mass is 10.1. The first-order chi connectivity index (χ1) is 13.5. The Morgan fingerprint density at radius 2 is 2.00 bits per heavy atom. The number of nitrogens with zero attached hydrogens (tertiary/aromatic N) is 5. The summed E-state index contributed by atoms with van der Waals surface area (Å²) in [5.74, 6) is -0.482. The summed E-state index contributed by atoms with van der Waals surface area (Å²) in [5, 5.41) is 9.16. The molecular formula is C15H19F4N7O2S. The number of hydrogen-bond acceptors (Lipinski definition) is 7. The molecule has 3 heterocycles. The van der Waals surface area contributed by atoms with Crippen LogP contribution in [-0.4, -0.2) is 65.0 Å². The Balaban J connectivity index is 1.73. The van der Waals surface area contributed by atoms with E-state index in [4.69, 9.17) is 0 Å². The number of nitrogens with one attached hydrogen (secondary N) is 2. The monoisotopic (exact) mass is 437 g/mol. The number of piperidine rings is 1. The number of sulfonamides is 1. The second-order valence-electron chi connectivity index (χ2n) is 6.53. The predicted molar refractivity (Wildman–Crippen MR) is 97.1 cm³/mol. The van der Waals surface area contributed by atoms with Crippen molar-refractivity contribution in [1.29, 1.82) is 0 Å². The van der Waals surface area contributed by atoms with Crippen LogP contribution in [0.4, 0.5) is 35.0 Å². The highest BCUT2D eigenvalue weighted by molar-refractivity contribution is 7.88. The van der Waals surface area contributed by atoms with Crippen molar-refractivity contribution in [2.45, 2.75) is 24.8 Å². The van der Waals surface area contributed by atoms with Crippen LogP contribution in [0.2, 0.25) is 0 Å². The highest BCUT2D eigenvalue weighted by Gasteiger charge is 2.36. The zero-order valence-corrected chi connectivity index (χ0v) is 16.3. The van der Waals surface area contributed by atoms with Crippen LogP contribution in [0.3, 0.4) is 0 Å². The molecule has 14 heteroatoms. The summed E-state index contributed by atoms with van der Waals surface area (Å²) in [7, 11) is -2.16. The maximum absolute atomic E-state index is 14.5. The topological polar surface area (TPSA) is 105 Å². The smallest absolute Gasteiger partial charge is 0.372 e. The maximum Gasteiger partial charge on any atom is 0.421 e. The Morgan fingerprint density at radius 3 is 2.59 bits per heavy atom. The maximum atomic E-state index is 14.5. The van der Waals surface area contributed by atoms with E-state index in [0.29, 0.717) is 11.9 Å². The number of hydrogen-bond donors (Lipinski definition) is 2. The molecule has 1 saturated heterocycles. The fourth-order valence-electron chi connectivity index (χ4n) is 3.02.